The molecule has 0 aliphatic heterocycles. The van der Waals surface area contributed by atoms with Crippen molar-refractivity contribution in [1.29, 1.82) is 0 Å². The molecule has 144 valence electrons. The van der Waals surface area contributed by atoms with Crippen LogP contribution in [0.4, 0.5) is 0 Å². The summed E-state index contributed by atoms with van der Waals surface area (Å²) in [5.41, 5.74) is -0.302. The van der Waals surface area contributed by atoms with Gasteiger partial charge in [0.1, 0.15) is 17.1 Å². The van der Waals surface area contributed by atoms with Crippen LogP contribution in [0.25, 0.3) is 6.08 Å². The Morgan fingerprint density at radius 2 is 2.07 bits per heavy atom. The van der Waals surface area contributed by atoms with Gasteiger partial charge in [-0.05, 0) is 31.2 Å². The van der Waals surface area contributed by atoms with Gasteiger partial charge in [-0.25, -0.2) is 0 Å². The van der Waals surface area contributed by atoms with Crippen molar-refractivity contribution in [2.24, 2.45) is 7.05 Å². The van der Waals surface area contributed by atoms with Crippen LogP contribution in [0.5, 0.6) is 5.75 Å². The van der Waals surface area contributed by atoms with Crippen LogP contribution in [-0.4, -0.2) is 38.5 Å². The average Bonchev–Trinajstić information content (AvgIpc) is 3.05. The first-order valence-electron chi connectivity index (χ1n) is 7.85. The molecule has 2 heterocycles. The lowest BCUT2D eigenvalue weighted by Gasteiger charge is -2.07. The molecule has 9 heteroatoms. The molecule has 2 aromatic heterocycles. The number of aryl methyl sites for hydroxylation is 1. The molecule has 7 nitrogen and oxygen atoms in total. The molecule has 0 saturated heterocycles. The van der Waals surface area contributed by atoms with Crippen molar-refractivity contribution in [3.8, 4) is 5.75 Å². The van der Waals surface area contributed by atoms with Crippen LogP contribution in [0.3, 0.4) is 0 Å². The van der Waals surface area contributed by atoms with E-state index in [1.54, 1.807) is 19.1 Å². The Kier molecular flexibility index (Phi) is 6.86. The van der Waals surface area contributed by atoms with Gasteiger partial charge in [0.15, 0.2) is 5.78 Å². The van der Waals surface area contributed by atoms with Crippen molar-refractivity contribution in [1.82, 2.24) is 4.57 Å². The molecule has 1 N–H and O–H groups in total. The number of hydrogen-bond donors (Lipinski definition) is 1. The first-order chi connectivity index (χ1) is 12.7. The molecule has 0 aromatic carbocycles. The van der Waals surface area contributed by atoms with E-state index in [2.05, 4.69) is 4.74 Å². The third kappa shape index (κ3) is 5.24. The zero-order valence-corrected chi connectivity index (χ0v) is 16.7. The Hall–Kier alpha value is -2.52. The lowest BCUT2D eigenvalue weighted by molar-refractivity contribution is -0.137. The first kappa shape index (κ1) is 20.8. The summed E-state index contributed by atoms with van der Waals surface area (Å²) in [6.45, 7) is 1.66. The molecule has 0 radical (unpaired) electrons. The molecular weight excluding hydrogens is 390 g/mol. The van der Waals surface area contributed by atoms with E-state index in [1.165, 1.54) is 48.3 Å². The van der Waals surface area contributed by atoms with Crippen molar-refractivity contribution in [3.63, 3.8) is 0 Å². The van der Waals surface area contributed by atoms with Crippen LogP contribution >= 0.6 is 11.3 Å². The maximum Gasteiger partial charge on any atom is 0.318 e. The molecule has 0 saturated carbocycles. The van der Waals surface area contributed by atoms with E-state index in [1.807, 2.05) is 0 Å². The normalized spacial score (nSPS) is 12.3. The summed E-state index contributed by atoms with van der Waals surface area (Å²) >= 11 is 1.32. The van der Waals surface area contributed by atoms with Crippen molar-refractivity contribution in [3.05, 3.63) is 55.6 Å². The minimum Gasteiger partial charge on any atom is -0.507 e. The van der Waals surface area contributed by atoms with Gasteiger partial charge >= 0.3 is 5.97 Å². The number of carbonyl (C=O) groups is 2. The predicted molar refractivity (Wildman–Crippen MR) is 104 cm³/mol. The molecule has 1 atom stereocenters. The largest absolute Gasteiger partial charge is 0.507 e. The Balaban J connectivity index is 2.11. The number of rotatable bonds is 7. The van der Waals surface area contributed by atoms with Gasteiger partial charge in [-0.2, -0.15) is 0 Å². The highest BCUT2D eigenvalue weighted by atomic mass is 32.2. The second-order valence-corrected chi connectivity index (χ2v) is 8.37. The molecule has 1 unspecified atom stereocenters. The highest BCUT2D eigenvalue weighted by molar-refractivity contribution is 7.85. The summed E-state index contributed by atoms with van der Waals surface area (Å²) < 4.78 is 17.6. The van der Waals surface area contributed by atoms with E-state index < -0.39 is 28.1 Å². The summed E-state index contributed by atoms with van der Waals surface area (Å²) in [6.07, 6.45) is 2.74. The van der Waals surface area contributed by atoms with E-state index in [-0.39, 0.29) is 22.8 Å². The summed E-state index contributed by atoms with van der Waals surface area (Å²) in [6, 6.07) is 4.86. The van der Waals surface area contributed by atoms with E-state index in [9.17, 15) is 23.7 Å². The van der Waals surface area contributed by atoms with Crippen LogP contribution < -0.4 is 5.56 Å². The Morgan fingerprint density at radius 1 is 1.37 bits per heavy atom. The number of aromatic nitrogens is 1. The SMILES string of the molecule is COC(=O)CS(=O)Cc1ccc(C=CC(=O)c2c(O)cc(C)n(C)c2=O)s1. The fourth-order valence-electron chi connectivity index (χ4n) is 2.24. The minimum atomic E-state index is -1.37. The van der Waals surface area contributed by atoms with Crippen molar-refractivity contribution < 1.29 is 23.6 Å². The molecule has 0 amide bonds. The predicted octanol–water partition coefficient (Wildman–Crippen LogP) is 1.78. The monoisotopic (exact) mass is 409 g/mol. The molecule has 0 aliphatic carbocycles. The van der Waals surface area contributed by atoms with Crippen LogP contribution in [0.1, 0.15) is 25.8 Å². The third-order valence-electron chi connectivity index (χ3n) is 3.79. The van der Waals surface area contributed by atoms with Gasteiger partial charge in [-0.15, -0.1) is 11.3 Å². The Morgan fingerprint density at radius 3 is 2.74 bits per heavy atom. The topological polar surface area (TPSA) is 103 Å². The van der Waals surface area contributed by atoms with Gasteiger partial charge in [0.05, 0.1) is 12.9 Å². The van der Waals surface area contributed by atoms with Crippen molar-refractivity contribution in [2.45, 2.75) is 12.7 Å². The zero-order chi connectivity index (χ0) is 20.1. The summed E-state index contributed by atoms with van der Waals surface area (Å²) in [5, 5.41) is 9.92. The molecular formula is C18H19NO6S2. The van der Waals surface area contributed by atoms with Crippen LogP contribution in [0.15, 0.2) is 29.1 Å². The summed E-state index contributed by atoms with van der Waals surface area (Å²) in [7, 11) is 1.39. The number of methoxy groups -OCH3 is 1. The van der Waals surface area contributed by atoms with Gasteiger partial charge in [-0.1, -0.05) is 0 Å². The number of esters is 1. The smallest absolute Gasteiger partial charge is 0.318 e. The van der Waals surface area contributed by atoms with Gasteiger partial charge in [-0.3, -0.25) is 18.6 Å². The molecule has 0 aliphatic rings. The molecule has 0 bridgehead atoms. The minimum absolute atomic E-state index is 0.173. The molecule has 0 fully saturated rings. The summed E-state index contributed by atoms with van der Waals surface area (Å²) in [5.74, 6) is -1.45. The Labute approximate surface area is 162 Å². The van der Waals surface area contributed by atoms with Gasteiger partial charge in [0.2, 0.25) is 0 Å². The van der Waals surface area contributed by atoms with Gasteiger partial charge in [0, 0.05) is 39.4 Å². The molecule has 0 spiro atoms. The molecule has 2 aromatic rings. The fraction of sp³-hybridized carbons (Fsp3) is 0.278. The van der Waals surface area contributed by atoms with E-state index in [4.69, 9.17) is 0 Å². The average molecular weight is 409 g/mol. The van der Waals surface area contributed by atoms with E-state index in [0.29, 0.717) is 5.69 Å². The number of allylic oxidation sites excluding steroid dienone is 1. The number of carbonyl (C=O) groups excluding carboxylic acids is 2. The lowest BCUT2D eigenvalue weighted by Crippen LogP contribution is -2.25. The number of nitrogens with zero attached hydrogens (tertiary/aromatic N) is 1. The number of aromatic hydroxyl groups is 1. The fourth-order valence-corrected chi connectivity index (χ4v) is 4.48. The maximum absolute atomic E-state index is 12.3. The number of thiophene rings is 1. The molecule has 27 heavy (non-hydrogen) atoms. The van der Waals surface area contributed by atoms with Crippen molar-refractivity contribution in [2.75, 3.05) is 12.9 Å². The maximum atomic E-state index is 12.3. The number of ketones is 1. The number of pyridine rings is 1. The molecule has 2 rings (SSSR count). The van der Waals surface area contributed by atoms with Crippen LogP contribution in [0.2, 0.25) is 0 Å². The van der Waals surface area contributed by atoms with E-state index >= 15 is 0 Å². The highest BCUT2D eigenvalue weighted by Gasteiger charge is 2.16. The van der Waals surface area contributed by atoms with Gasteiger partial charge < -0.3 is 14.4 Å². The second-order valence-electron chi connectivity index (χ2n) is 5.72. The quantitative estimate of drug-likeness (QED) is 0.425. The first-order valence-corrected chi connectivity index (χ1v) is 10.2. The summed E-state index contributed by atoms with van der Waals surface area (Å²) in [4.78, 5) is 37.1. The number of hydrogen-bond acceptors (Lipinski definition) is 7. The standard InChI is InChI=1S/C18H19NO6S2/c1-11-8-15(21)17(18(23)19(11)2)14(20)7-6-12-4-5-13(26-12)9-27(24)10-16(22)25-3/h4-8,21H,9-10H2,1-3H3. The van der Waals surface area contributed by atoms with Crippen LogP contribution in [0, 0.1) is 6.92 Å². The zero-order valence-electron chi connectivity index (χ0n) is 15.1. The van der Waals surface area contributed by atoms with Gasteiger partial charge in [0.25, 0.3) is 5.56 Å². The number of ether oxygens (including phenoxy) is 1. The van der Waals surface area contributed by atoms with E-state index in [0.717, 1.165) is 9.75 Å². The van der Waals surface area contributed by atoms with Crippen LogP contribution in [-0.2, 0) is 33.1 Å². The third-order valence-corrected chi connectivity index (χ3v) is 6.21. The second kappa shape index (κ2) is 8.92. The lowest BCUT2D eigenvalue weighted by atomic mass is 10.1. The van der Waals surface area contributed by atoms with Crippen molar-refractivity contribution >= 4 is 40.0 Å². The highest BCUT2D eigenvalue weighted by Crippen LogP contribution is 2.21. The Bertz CT molecular complexity index is 986.